The third-order valence-corrected chi connectivity index (χ3v) is 5.69. The van der Waals surface area contributed by atoms with Crippen LogP contribution in [0.2, 0.25) is 0 Å². The quantitative estimate of drug-likeness (QED) is 0.701. The van der Waals surface area contributed by atoms with Gasteiger partial charge in [0.15, 0.2) is 11.6 Å². The number of amides is 2. The van der Waals surface area contributed by atoms with E-state index >= 15 is 0 Å². The van der Waals surface area contributed by atoms with E-state index in [1.54, 1.807) is 12.1 Å². The Balaban J connectivity index is 1.29. The van der Waals surface area contributed by atoms with E-state index in [1.807, 2.05) is 4.90 Å². The summed E-state index contributed by atoms with van der Waals surface area (Å²) in [6, 6.07) is 8.09. The number of piperazine rings is 1. The third kappa shape index (κ3) is 5.91. The molecule has 0 bridgehead atoms. The first kappa shape index (κ1) is 22.8. The zero-order valence-corrected chi connectivity index (χ0v) is 17.8. The summed E-state index contributed by atoms with van der Waals surface area (Å²) in [4.78, 5) is 27.8. The lowest BCUT2D eigenvalue weighted by Gasteiger charge is -2.35. The van der Waals surface area contributed by atoms with Crippen LogP contribution < -0.4 is 10.2 Å². The van der Waals surface area contributed by atoms with Gasteiger partial charge in [-0.15, -0.1) is 10.2 Å². The highest BCUT2D eigenvalue weighted by molar-refractivity contribution is 5.96. The first-order valence-corrected chi connectivity index (χ1v) is 10.8. The van der Waals surface area contributed by atoms with Gasteiger partial charge in [-0.1, -0.05) is 25.0 Å². The minimum absolute atomic E-state index is 0.250. The molecule has 0 atom stereocenters. The lowest BCUT2D eigenvalue weighted by atomic mass is 10.1. The first-order chi connectivity index (χ1) is 15.8. The van der Waals surface area contributed by atoms with Crippen LogP contribution in [0.1, 0.15) is 35.2 Å². The highest BCUT2D eigenvalue weighted by Gasteiger charge is 2.36. The van der Waals surface area contributed by atoms with Crippen molar-refractivity contribution in [2.45, 2.75) is 25.4 Å². The van der Waals surface area contributed by atoms with Crippen molar-refractivity contribution in [2.75, 3.05) is 43.0 Å². The summed E-state index contributed by atoms with van der Waals surface area (Å²) < 4.78 is 44.8. The number of nitrogens with zero attached hydrogens (tertiary/aromatic N) is 4. The summed E-state index contributed by atoms with van der Waals surface area (Å²) in [7, 11) is 0. The van der Waals surface area contributed by atoms with Gasteiger partial charge in [-0.2, -0.15) is 13.2 Å². The van der Waals surface area contributed by atoms with Gasteiger partial charge in [0, 0.05) is 26.2 Å². The summed E-state index contributed by atoms with van der Waals surface area (Å²) in [5.74, 6) is 0.832. The Morgan fingerprint density at radius 2 is 1.76 bits per heavy atom. The first-order valence-electron chi connectivity index (χ1n) is 10.8. The van der Waals surface area contributed by atoms with Gasteiger partial charge < -0.3 is 14.5 Å². The molecule has 2 heterocycles. The van der Waals surface area contributed by atoms with Crippen molar-refractivity contribution in [3.8, 4) is 0 Å². The minimum Gasteiger partial charge on any atom is -0.449 e. The van der Waals surface area contributed by atoms with Gasteiger partial charge in [0.05, 0.1) is 17.7 Å². The number of hydrogen-bond donors (Lipinski definition) is 1. The van der Waals surface area contributed by atoms with Gasteiger partial charge in [-0.3, -0.25) is 10.1 Å². The number of rotatable bonds is 6. The molecule has 1 aliphatic carbocycles. The Bertz CT molecular complexity index is 988. The molecule has 11 heteroatoms. The van der Waals surface area contributed by atoms with E-state index in [9.17, 15) is 22.8 Å². The molecule has 33 heavy (non-hydrogen) atoms. The predicted molar refractivity (Wildman–Crippen MR) is 114 cm³/mol. The fourth-order valence-electron chi connectivity index (χ4n) is 3.65. The molecular formula is C22H24F3N5O3. The van der Waals surface area contributed by atoms with Crippen LogP contribution in [0, 0.1) is 5.92 Å². The summed E-state index contributed by atoms with van der Waals surface area (Å²) in [5.41, 5.74) is -1.28. The fraction of sp³-hybridized carbons (Fsp3) is 0.455. The van der Waals surface area contributed by atoms with Crippen LogP contribution in [0.25, 0.3) is 0 Å². The molecule has 1 aromatic carbocycles. The molecule has 2 amide bonds. The number of halogens is 3. The van der Waals surface area contributed by atoms with E-state index in [1.165, 1.54) is 35.9 Å². The number of anilines is 2. The second-order valence-corrected chi connectivity index (χ2v) is 8.09. The lowest BCUT2D eigenvalue weighted by molar-refractivity contribution is -0.138. The maximum atomic E-state index is 13.2. The highest BCUT2D eigenvalue weighted by atomic mass is 19.4. The second kappa shape index (κ2) is 9.63. The molecule has 1 N–H and O–H groups in total. The summed E-state index contributed by atoms with van der Waals surface area (Å²) in [5, 5.41) is 10.6. The molecular weight excluding hydrogens is 439 g/mol. The third-order valence-electron chi connectivity index (χ3n) is 5.69. The Labute approximate surface area is 188 Å². The van der Waals surface area contributed by atoms with Crippen LogP contribution in [-0.4, -0.2) is 59.9 Å². The minimum atomic E-state index is -4.59. The van der Waals surface area contributed by atoms with Gasteiger partial charge in [0.2, 0.25) is 0 Å². The van der Waals surface area contributed by atoms with Crippen LogP contribution in [0.3, 0.4) is 0 Å². The number of ether oxygens (including phenoxy) is 1. The van der Waals surface area contributed by atoms with Crippen LogP contribution in [0.5, 0.6) is 0 Å². The van der Waals surface area contributed by atoms with Crippen molar-refractivity contribution in [2.24, 2.45) is 5.92 Å². The van der Waals surface area contributed by atoms with Crippen LogP contribution in [0.15, 0.2) is 36.4 Å². The van der Waals surface area contributed by atoms with E-state index in [2.05, 4.69) is 15.5 Å². The summed E-state index contributed by atoms with van der Waals surface area (Å²) in [6.45, 7) is 1.66. The number of hydrogen-bond acceptors (Lipinski definition) is 6. The van der Waals surface area contributed by atoms with Crippen molar-refractivity contribution in [3.05, 3.63) is 47.5 Å². The lowest BCUT2D eigenvalue weighted by Crippen LogP contribution is -2.49. The molecule has 2 fully saturated rings. The molecule has 0 spiro atoms. The van der Waals surface area contributed by atoms with Crippen molar-refractivity contribution in [1.82, 2.24) is 15.1 Å². The Kier molecular flexibility index (Phi) is 6.66. The topological polar surface area (TPSA) is 87.7 Å². The van der Waals surface area contributed by atoms with E-state index in [0.717, 1.165) is 12.5 Å². The number of carbonyl (C=O) groups is 2. The molecule has 176 valence electrons. The fourth-order valence-corrected chi connectivity index (χ4v) is 3.65. The number of aromatic nitrogens is 2. The van der Waals surface area contributed by atoms with Crippen molar-refractivity contribution in [1.29, 1.82) is 0 Å². The molecule has 1 aliphatic heterocycles. The van der Waals surface area contributed by atoms with Gasteiger partial charge >= 0.3 is 12.3 Å². The average Bonchev–Trinajstić information content (AvgIpc) is 3.63. The summed E-state index contributed by atoms with van der Waals surface area (Å²) >= 11 is 0. The van der Waals surface area contributed by atoms with E-state index < -0.39 is 23.7 Å². The molecule has 1 saturated carbocycles. The maximum Gasteiger partial charge on any atom is 0.417 e. The van der Waals surface area contributed by atoms with Gasteiger partial charge in [0.25, 0.3) is 5.91 Å². The molecule has 1 saturated heterocycles. The van der Waals surface area contributed by atoms with Crippen molar-refractivity contribution < 1.29 is 27.5 Å². The monoisotopic (exact) mass is 463 g/mol. The summed E-state index contributed by atoms with van der Waals surface area (Å²) in [6.07, 6.45) is -1.91. The number of carbonyl (C=O) groups excluding carboxylic acids is 2. The Morgan fingerprint density at radius 1 is 1.03 bits per heavy atom. The number of alkyl halides is 3. The smallest absolute Gasteiger partial charge is 0.417 e. The standard InChI is InChI=1S/C22H24F3N5O3/c23-22(24,25)17-4-2-1-3-16(17)20(31)30-12-10-29(11-13-30)19-8-7-18(27-28-19)26-21(32)33-14-9-15-5-6-15/h1-4,7-8,15H,5-6,9-14H2,(H,26,27,32). The van der Waals surface area contributed by atoms with Gasteiger partial charge in [0.1, 0.15) is 0 Å². The Hall–Kier alpha value is -3.37. The zero-order chi connectivity index (χ0) is 23.4. The normalized spacial score (nSPS) is 16.5. The maximum absolute atomic E-state index is 13.2. The van der Waals surface area contributed by atoms with Crippen LogP contribution in [-0.2, 0) is 10.9 Å². The van der Waals surface area contributed by atoms with E-state index in [4.69, 9.17) is 4.74 Å². The van der Waals surface area contributed by atoms with Crippen molar-refractivity contribution >= 4 is 23.6 Å². The van der Waals surface area contributed by atoms with E-state index in [-0.39, 0.29) is 24.5 Å². The molecule has 0 unspecified atom stereocenters. The van der Waals surface area contributed by atoms with Gasteiger partial charge in [-0.05, 0) is 36.6 Å². The number of nitrogens with one attached hydrogen (secondary N) is 1. The Morgan fingerprint density at radius 3 is 2.39 bits per heavy atom. The van der Waals surface area contributed by atoms with E-state index in [0.29, 0.717) is 31.4 Å². The zero-order valence-electron chi connectivity index (χ0n) is 17.8. The van der Waals surface area contributed by atoms with Gasteiger partial charge in [-0.25, -0.2) is 4.79 Å². The molecule has 2 aromatic rings. The van der Waals surface area contributed by atoms with Crippen molar-refractivity contribution in [3.63, 3.8) is 0 Å². The predicted octanol–water partition coefficient (Wildman–Crippen LogP) is 3.81. The SMILES string of the molecule is O=C(Nc1ccc(N2CCN(C(=O)c3ccccc3C(F)(F)F)CC2)nn1)OCCC1CC1. The largest absolute Gasteiger partial charge is 0.449 e. The van der Waals surface area contributed by atoms with Crippen LogP contribution >= 0.6 is 0 Å². The average molecular weight is 463 g/mol. The molecule has 1 aromatic heterocycles. The number of benzene rings is 1. The molecule has 2 aliphatic rings. The van der Waals surface area contributed by atoms with Crippen LogP contribution in [0.4, 0.5) is 29.6 Å². The molecule has 8 nitrogen and oxygen atoms in total. The molecule has 4 rings (SSSR count). The molecule has 0 radical (unpaired) electrons. The highest BCUT2D eigenvalue weighted by Crippen LogP contribution is 2.33. The second-order valence-electron chi connectivity index (χ2n) is 8.09.